The lowest BCUT2D eigenvalue weighted by Gasteiger charge is -2.38. The van der Waals surface area contributed by atoms with E-state index in [9.17, 15) is 0 Å². The maximum atomic E-state index is 4.33. The van der Waals surface area contributed by atoms with Crippen LogP contribution in [0.5, 0.6) is 0 Å². The van der Waals surface area contributed by atoms with Gasteiger partial charge < -0.3 is 5.32 Å². The van der Waals surface area contributed by atoms with Crippen molar-refractivity contribution in [3.05, 3.63) is 18.0 Å². The molecule has 3 heteroatoms. The van der Waals surface area contributed by atoms with E-state index in [4.69, 9.17) is 0 Å². The van der Waals surface area contributed by atoms with Crippen molar-refractivity contribution in [1.29, 1.82) is 0 Å². The lowest BCUT2D eigenvalue weighted by Crippen LogP contribution is -2.37. The van der Waals surface area contributed by atoms with Gasteiger partial charge in [0, 0.05) is 26.3 Å². The average Bonchev–Trinajstić information content (AvgIpc) is 2.49. The average molecular weight is 193 g/mol. The molecule has 0 spiro atoms. The van der Waals surface area contributed by atoms with E-state index in [0.717, 1.165) is 18.8 Å². The first-order valence-corrected chi connectivity index (χ1v) is 5.37. The van der Waals surface area contributed by atoms with Crippen LogP contribution in [-0.2, 0) is 13.6 Å². The molecule has 3 nitrogen and oxygen atoms in total. The summed E-state index contributed by atoms with van der Waals surface area (Å²) in [5, 5.41) is 7.81. The summed E-state index contributed by atoms with van der Waals surface area (Å²) < 4.78 is 1.85. The van der Waals surface area contributed by atoms with Gasteiger partial charge in [-0.3, -0.25) is 4.68 Å². The Morgan fingerprint density at radius 2 is 2.36 bits per heavy atom. The fourth-order valence-electron chi connectivity index (χ4n) is 2.01. The molecule has 0 radical (unpaired) electrons. The third-order valence-corrected chi connectivity index (χ3v) is 3.19. The summed E-state index contributed by atoms with van der Waals surface area (Å²) in [5.74, 6) is 0. The van der Waals surface area contributed by atoms with Crippen LogP contribution in [0.2, 0.25) is 0 Å². The fourth-order valence-corrected chi connectivity index (χ4v) is 2.01. The molecule has 0 amide bonds. The van der Waals surface area contributed by atoms with Crippen LogP contribution in [0.4, 0.5) is 0 Å². The predicted molar refractivity (Wildman–Crippen MR) is 56.9 cm³/mol. The highest BCUT2D eigenvalue weighted by atomic mass is 15.3. The van der Waals surface area contributed by atoms with Crippen molar-refractivity contribution in [2.24, 2.45) is 12.5 Å². The summed E-state index contributed by atoms with van der Waals surface area (Å²) in [4.78, 5) is 0. The van der Waals surface area contributed by atoms with Gasteiger partial charge in [0.15, 0.2) is 0 Å². The highest BCUT2D eigenvalue weighted by Gasteiger charge is 2.30. The molecular weight excluding hydrogens is 174 g/mol. The smallest absolute Gasteiger partial charge is 0.0762 e. The Kier molecular flexibility index (Phi) is 2.59. The topological polar surface area (TPSA) is 29.9 Å². The van der Waals surface area contributed by atoms with E-state index in [1.165, 1.54) is 19.3 Å². The number of nitrogens with zero attached hydrogens (tertiary/aromatic N) is 2. The minimum absolute atomic E-state index is 0.564. The van der Waals surface area contributed by atoms with Crippen LogP contribution < -0.4 is 5.32 Å². The van der Waals surface area contributed by atoms with Gasteiger partial charge in [-0.05, 0) is 24.3 Å². The van der Waals surface area contributed by atoms with E-state index in [1.54, 1.807) is 0 Å². The molecule has 0 bridgehead atoms. The van der Waals surface area contributed by atoms with Crippen LogP contribution in [0.25, 0.3) is 0 Å². The largest absolute Gasteiger partial charge is 0.311 e. The van der Waals surface area contributed by atoms with Crippen LogP contribution >= 0.6 is 0 Å². The highest BCUT2D eigenvalue weighted by molar-refractivity contribution is 4.98. The number of aromatic nitrogens is 2. The first-order valence-electron chi connectivity index (χ1n) is 5.37. The van der Waals surface area contributed by atoms with E-state index in [-0.39, 0.29) is 0 Å². The maximum Gasteiger partial charge on any atom is 0.0762 e. The first kappa shape index (κ1) is 9.71. The monoisotopic (exact) mass is 193 g/mol. The Balaban J connectivity index is 1.72. The molecule has 0 aliphatic heterocycles. The Bertz CT molecular complexity index is 299. The van der Waals surface area contributed by atoms with Gasteiger partial charge in [0.25, 0.3) is 0 Å². The van der Waals surface area contributed by atoms with Crippen molar-refractivity contribution in [3.8, 4) is 0 Å². The van der Waals surface area contributed by atoms with E-state index in [1.807, 2.05) is 17.9 Å². The molecule has 0 unspecified atom stereocenters. The van der Waals surface area contributed by atoms with Gasteiger partial charge in [0.1, 0.15) is 0 Å². The molecule has 78 valence electrons. The minimum Gasteiger partial charge on any atom is -0.311 e. The van der Waals surface area contributed by atoms with Crippen LogP contribution in [-0.4, -0.2) is 16.3 Å². The third-order valence-electron chi connectivity index (χ3n) is 3.19. The van der Waals surface area contributed by atoms with Crippen molar-refractivity contribution < 1.29 is 0 Å². The standard InChI is InChI=1S/C11H19N3/c1-11(5-3-6-11)9-12-8-10-4-7-14(2)13-10/h4,7,12H,3,5-6,8-9H2,1-2H3. The van der Waals surface area contributed by atoms with Crippen LogP contribution in [0.15, 0.2) is 12.3 Å². The summed E-state index contributed by atoms with van der Waals surface area (Å²) in [7, 11) is 1.96. The molecule has 0 aromatic carbocycles. The van der Waals surface area contributed by atoms with E-state index in [2.05, 4.69) is 23.4 Å². The van der Waals surface area contributed by atoms with E-state index < -0.39 is 0 Å². The van der Waals surface area contributed by atoms with E-state index >= 15 is 0 Å². The van der Waals surface area contributed by atoms with Crippen molar-refractivity contribution in [2.45, 2.75) is 32.7 Å². The van der Waals surface area contributed by atoms with Crippen LogP contribution in [0, 0.1) is 5.41 Å². The molecule has 0 atom stereocenters. The third kappa shape index (κ3) is 2.15. The number of nitrogens with one attached hydrogen (secondary N) is 1. The molecule has 1 aromatic heterocycles. The van der Waals surface area contributed by atoms with Crippen LogP contribution in [0.1, 0.15) is 31.9 Å². The lowest BCUT2D eigenvalue weighted by atomic mass is 9.70. The summed E-state index contributed by atoms with van der Waals surface area (Å²) in [6, 6.07) is 2.07. The summed E-state index contributed by atoms with van der Waals surface area (Å²) in [6.45, 7) is 4.39. The lowest BCUT2D eigenvalue weighted by molar-refractivity contribution is 0.156. The molecule has 1 aliphatic rings. The number of hydrogen-bond acceptors (Lipinski definition) is 2. The van der Waals surface area contributed by atoms with Gasteiger partial charge in [0.05, 0.1) is 5.69 Å². The van der Waals surface area contributed by atoms with Crippen LogP contribution in [0.3, 0.4) is 0 Å². The zero-order valence-corrected chi connectivity index (χ0v) is 9.08. The second-order valence-corrected chi connectivity index (χ2v) is 4.75. The van der Waals surface area contributed by atoms with Crippen molar-refractivity contribution in [1.82, 2.24) is 15.1 Å². The minimum atomic E-state index is 0.564. The fraction of sp³-hybridized carbons (Fsp3) is 0.727. The zero-order chi connectivity index (χ0) is 10.0. The SMILES string of the molecule is Cn1ccc(CNCC2(C)CCC2)n1. The first-order chi connectivity index (χ1) is 6.68. The van der Waals surface area contributed by atoms with Gasteiger partial charge in [-0.15, -0.1) is 0 Å². The zero-order valence-electron chi connectivity index (χ0n) is 9.08. The van der Waals surface area contributed by atoms with Gasteiger partial charge in [-0.1, -0.05) is 13.3 Å². The number of aryl methyl sites for hydroxylation is 1. The van der Waals surface area contributed by atoms with Crippen molar-refractivity contribution in [3.63, 3.8) is 0 Å². The van der Waals surface area contributed by atoms with Gasteiger partial charge in [-0.25, -0.2) is 0 Å². The molecule has 2 rings (SSSR count). The number of rotatable bonds is 4. The van der Waals surface area contributed by atoms with Gasteiger partial charge >= 0.3 is 0 Å². The molecule has 1 heterocycles. The summed E-state index contributed by atoms with van der Waals surface area (Å²) in [5.41, 5.74) is 1.70. The molecule has 1 aliphatic carbocycles. The second-order valence-electron chi connectivity index (χ2n) is 4.75. The Morgan fingerprint density at radius 3 is 2.86 bits per heavy atom. The molecule has 1 saturated carbocycles. The van der Waals surface area contributed by atoms with Gasteiger partial charge in [0.2, 0.25) is 0 Å². The Morgan fingerprint density at radius 1 is 1.57 bits per heavy atom. The molecule has 14 heavy (non-hydrogen) atoms. The normalized spacial score (nSPS) is 19.3. The summed E-state index contributed by atoms with van der Waals surface area (Å²) >= 11 is 0. The Hall–Kier alpha value is -0.830. The van der Waals surface area contributed by atoms with Crippen molar-refractivity contribution in [2.75, 3.05) is 6.54 Å². The molecule has 0 saturated heterocycles. The predicted octanol–water partition coefficient (Wildman–Crippen LogP) is 1.70. The van der Waals surface area contributed by atoms with Crippen molar-refractivity contribution >= 4 is 0 Å². The molecular formula is C11H19N3. The highest BCUT2D eigenvalue weighted by Crippen LogP contribution is 2.39. The molecule has 1 aromatic rings. The maximum absolute atomic E-state index is 4.33. The molecule has 1 fully saturated rings. The van der Waals surface area contributed by atoms with E-state index in [0.29, 0.717) is 5.41 Å². The Labute approximate surface area is 85.5 Å². The number of hydrogen-bond donors (Lipinski definition) is 1. The summed E-state index contributed by atoms with van der Waals surface area (Å²) in [6.07, 6.45) is 6.15. The quantitative estimate of drug-likeness (QED) is 0.788. The van der Waals surface area contributed by atoms with Gasteiger partial charge in [-0.2, -0.15) is 5.10 Å². The molecule has 1 N–H and O–H groups in total. The second kappa shape index (κ2) is 3.73.